The highest BCUT2D eigenvalue weighted by Crippen LogP contribution is 2.26. The van der Waals surface area contributed by atoms with E-state index in [0.29, 0.717) is 6.42 Å². The second-order valence-electron chi connectivity index (χ2n) is 5.74. The van der Waals surface area contributed by atoms with E-state index in [0.717, 1.165) is 0 Å². The zero-order chi connectivity index (χ0) is 15.0. The van der Waals surface area contributed by atoms with Crippen LogP contribution in [0.4, 0.5) is 0 Å². The smallest absolute Gasteiger partial charge is 0.316 e. The van der Waals surface area contributed by atoms with E-state index in [-0.39, 0.29) is 20.9 Å². The third kappa shape index (κ3) is 2.82. The molecule has 0 radical (unpaired) electrons. The lowest BCUT2D eigenvalue weighted by Gasteiger charge is -2.14. The van der Waals surface area contributed by atoms with Gasteiger partial charge in [-0.1, -0.05) is 39.0 Å². The standard InChI is InChI=1S/C13H16N2O4S/c1-13(2,3)9-11-12(15(16)19-14-11)20(17,18)10-7-5-4-6-8-10/h4-8H,9H2,1-3H3. The van der Waals surface area contributed by atoms with Gasteiger partial charge in [0, 0.05) is 11.6 Å². The minimum absolute atomic E-state index is 0.0383. The topological polar surface area (TPSA) is 87.1 Å². The minimum atomic E-state index is -3.94. The Morgan fingerprint density at radius 3 is 2.40 bits per heavy atom. The number of rotatable bonds is 3. The van der Waals surface area contributed by atoms with Gasteiger partial charge in [-0.15, -0.1) is 0 Å². The normalized spacial score (nSPS) is 12.6. The lowest BCUT2D eigenvalue weighted by Crippen LogP contribution is -2.31. The summed E-state index contributed by atoms with van der Waals surface area (Å²) in [7, 11) is -3.94. The molecule has 0 fully saturated rings. The first-order valence-corrected chi connectivity index (χ1v) is 7.59. The Balaban J connectivity index is 2.56. The molecule has 6 nitrogen and oxygen atoms in total. The van der Waals surface area contributed by atoms with Crippen molar-refractivity contribution in [3.05, 3.63) is 41.2 Å². The highest BCUT2D eigenvalue weighted by Gasteiger charge is 2.35. The molecule has 0 saturated heterocycles. The summed E-state index contributed by atoms with van der Waals surface area (Å²) >= 11 is 0. The van der Waals surface area contributed by atoms with Gasteiger partial charge in [0.1, 0.15) is 0 Å². The van der Waals surface area contributed by atoms with Crippen LogP contribution in [0.5, 0.6) is 0 Å². The fourth-order valence-corrected chi connectivity index (χ4v) is 3.23. The molecule has 2 rings (SSSR count). The fraction of sp³-hybridized carbons (Fsp3) is 0.385. The van der Waals surface area contributed by atoms with Crippen LogP contribution in [0.1, 0.15) is 26.5 Å². The van der Waals surface area contributed by atoms with Crippen molar-refractivity contribution in [3.63, 3.8) is 0 Å². The summed E-state index contributed by atoms with van der Waals surface area (Å²) in [6, 6.07) is 7.76. The lowest BCUT2D eigenvalue weighted by atomic mass is 9.91. The second kappa shape index (κ2) is 4.90. The van der Waals surface area contributed by atoms with Crippen LogP contribution in [-0.4, -0.2) is 13.6 Å². The van der Waals surface area contributed by atoms with E-state index in [9.17, 15) is 13.6 Å². The van der Waals surface area contributed by atoms with E-state index in [1.54, 1.807) is 18.2 Å². The molecule has 0 bridgehead atoms. The summed E-state index contributed by atoms with van der Waals surface area (Å²) in [4.78, 5) is 0.00612. The molecule has 0 unspecified atom stereocenters. The Bertz CT molecular complexity index is 700. The molecule has 2 aromatic rings. The lowest BCUT2D eigenvalue weighted by molar-refractivity contribution is -0.832. The molecule has 0 spiro atoms. The van der Waals surface area contributed by atoms with Crippen LogP contribution in [0.2, 0.25) is 0 Å². The van der Waals surface area contributed by atoms with Gasteiger partial charge in [0.25, 0.3) is 9.84 Å². The maximum atomic E-state index is 12.5. The van der Waals surface area contributed by atoms with E-state index in [1.807, 2.05) is 20.8 Å². The van der Waals surface area contributed by atoms with Crippen molar-refractivity contribution in [3.8, 4) is 0 Å². The highest BCUT2D eigenvalue weighted by molar-refractivity contribution is 7.91. The monoisotopic (exact) mass is 296 g/mol. The van der Waals surface area contributed by atoms with E-state index in [1.165, 1.54) is 12.1 Å². The second-order valence-corrected chi connectivity index (χ2v) is 7.60. The maximum Gasteiger partial charge on any atom is 0.316 e. The third-order valence-corrected chi connectivity index (χ3v) is 4.43. The number of benzene rings is 1. The molecule has 7 heteroatoms. The average molecular weight is 296 g/mol. The van der Waals surface area contributed by atoms with Crippen molar-refractivity contribution in [2.45, 2.75) is 37.1 Å². The molecule has 0 aliphatic carbocycles. The van der Waals surface area contributed by atoms with Gasteiger partial charge in [-0.3, -0.25) is 4.63 Å². The summed E-state index contributed by atoms with van der Waals surface area (Å²) < 4.78 is 29.5. The van der Waals surface area contributed by atoms with Crippen molar-refractivity contribution in [1.82, 2.24) is 5.16 Å². The van der Waals surface area contributed by atoms with Gasteiger partial charge in [0.2, 0.25) is 5.69 Å². The molecule has 20 heavy (non-hydrogen) atoms. The summed E-state index contributed by atoms with van der Waals surface area (Å²) in [6.07, 6.45) is 0.327. The molecule has 1 aromatic carbocycles. The predicted molar refractivity (Wildman–Crippen MR) is 70.5 cm³/mol. The number of sulfone groups is 1. The van der Waals surface area contributed by atoms with Crippen molar-refractivity contribution in [2.24, 2.45) is 5.41 Å². The molecule has 108 valence electrons. The Kier molecular flexibility index (Phi) is 3.56. The van der Waals surface area contributed by atoms with Gasteiger partial charge >= 0.3 is 5.03 Å². The van der Waals surface area contributed by atoms with Gasteiger partial charge in [0.15, 0.2) is 0 Å². The number of aromatic nitrogens is 2. The van der Waals surface area contributed by atoms with Crippen LogP contribution in [0.25, 0.3) is 0 Å². The van der Waals surface area contributed by atoms with Crippen LogP contribution in [-0.2, 0) is 16.3 Å². The summed E-state index contributed by atoms with van der Waals surface area (Å²) in [5, 5.41) is 14.8. The summed E-state index contributed by atoms with van der Waals surface area (Å²) in [5.74, 6) is 0. The highest BCUT2D eigenvalue weighted by atomic mass is 32.2. The molecular weight excluding hydrogens is 280 g/mol. The summed E-state index contributed by atoms with van der Waals surface area (Å²) in [5.41, 5.74) is -0.0680. The van der Waals surface area contributed by atoms with E-state index >= 15 is 0 Å². The molecule has 1 heterocycles. The van der Waals surface area contributed by atoms with Crippen molar-refractivity contribution in [2.75, 3.05) is 0 Å². The SMILES string of the molecule is CC(C)(C)Cc1no[n+]([O-])c1S(=O)(=O)c1ccccc1. The van der Waals surface area contributed by atoms with Crippen LogP contribution in [0, 0.1) is 10.6 Å². The van der Waals surface area contributed by atoms with Crippen molar-refractivity contribution < 1.29 is 17.9 Å². The van der Waals surface area contributed by atoms with Gasteiger partial charge < -0.3 is 5.21 Å². The molecule has 0 aliphatic heterocycles. The molecule has 1 aromatic heterocycles. The van der Waals surface area contributed by atoms with Crippen LogP contribution in [0.15, 0.2) is 44.9 Å². The molecule has 0 amide bonds. The summed E-state index contributed by atoms with van der Waals surface area (Å²) in [6.45, 7) is 5.78. The van der Waals surface area contributed by atoms with E-state index in [2.05, 4.69) is 9.79 Å². The number of hydrogen-bond acceptors (Lipinski definition) is 5. The maximum absolute atomic E-state index is 12.5. The Labute approximate surface area is 117 Å². The number of nitrogens with zero attached hydrogens (tertiary/aromatic N) is 2. The number of hydrogen-bond donors (Lipinski definition) is 0. The average Bonchev–Trinajstić information content (AvgIpc) is 2.70. The Morgan fingerprint density at radius 1 is 1.25 bits per heavy atom. The molecule has 0 N–H and O–H groups in total. The third-order valence-electron chi connectivity index (χ3n) is 2.64. The van der Waals surface area contributed by atoms with Crippen LogP contribution < -0.4 is 4.90 Å². The Morgan fingerprint density at radius 2 is 1.85 bits per heavy atom. The van der Waals surface area contributed by atoms with Gasteiger partial charge in [0.05, 0.1) is 4.90 Å². The molecule has 0 atom stereocenters. The van der Waals surface area contributed by atoms with Gasteiger partial charge in [-0.2, -0.15) is 0 Å². The first-order valence-electron chi connectivity index (χ1n) is 6.10. The quantitative estimate of drug-likeness (QED) is 0.805. The van der Waals surface area contributed by atoms with Crippen molar-refractivity contribution >= 4 is 9.84 Å². The zero-order valence-electron chi connectivity index (χ0n) is 11.5. The molecular formula is C13H16N2O4S. The molecule has 0 saturated carbocycles. The first-order chi connectivity index (χ1) is 9.22. The predicted octanol–water partition coefficient (Wildman–Crippen LogP) is 1.73. The van der Waals surface area contributed by atoms with E-state index < -0.39 is 14.9 Å². The first kappa shape index (κ1) is 14.5. The molecule has 0 aliphatic rings. The van der Waals surface area contributed by atoms with Crippen molar-refractivity contribution in [1.29, 1.82) is 0 Å². The van der Waals surface area contributed by atoms with Crippen LogP contribution >= 0.6 is 0 Å². The van der Waals surface area contributed by atoms with Gasteiger partial charge in [-0.05, 0) is 22.5 Å². The van der Waals surface area contributed by atoms with Gasteiger partial charge in [-0.25, -0.2) is 8.42 Å². The zero-order valence-corrected chi connectivity index (χ0v) is 12.3. The minimum Gasteiger partial charge on any atom is -0.358 e. The van der Waals surface area contributed by atoms with Crippen LogP contribution in [0.3, 0.4) is 0 Å². The largest absolute Gasteiger partial charge is 0.358 e. The fourth-order valence-electron chi connectivity index (χ4n) is 1.84. The van der Waals surface area contributed by atoms with E-state index in [4.69, 9.17) is 0 Å². The Hall–Kier alpha value is -1.89.